The van der Waals surface area contributed by atoms with Crippen molar-refractivity contribution >= 4 is 0 Å². The largest absolute Gasteiger partial charge is 0.379 e. The van der Waals surface area contributed by atoms with Crippen molar-refractivity contribution in [1.29, 1.82) is 0 Å². The van der Waals surface area contributed by atoms with Gasteiger partial charge in [-0.3, -0.25) is 0 Å². The summed E-state index contributed by atoms with van der Waals surface area (Å²) in [4.78, 5) is 0. The molecule has 4 heteroatoms. The van der Waals surface area contributed by atoms with Crippen LogP contribution < -0.4 is 5.32 Å². The van der Waals surface area contributed by atoms with Gasteiger partial charge in [0.2, 0.25) is 0 Å². The first-order valence-corrected chi connectivity index (χ1v) is 6.35. The molecule has 0 fully saturated rings. The van der Waals surface area contributed by atoms with E-state index in [1.807, 2.05) is 20.8 Å². The van der Waals surface area contributed by atoms with Crippen LogP contribution in [0, 0.1) is 0 Å². The Morgan fingerprint density at radius 3 is 1.81 bits per heavy atom. The third-order valence-electron chi connectivity index (χ3n) is 1.62. The smallest absolute Gasteiger partial charge is 0.0701 e. The zero-order chi connectivity index (χ0) is 12.5. The second kappa shape index (κ2) is 20.3. The predicted molar refractivity (Wildman–Crippen MR) is 70.1 cm³/mol. The molecule has 4 nitrogen and oxygen atoms in total. The van der Waals surface area contributed by atoms with Crippen LogP contribution in [0.3, 0.4) is 0 Å². The monoisotopic (exact) mass is 237 g/mol. The van der Waals surface area contributed by atoms with Gasteiger partial charge in [0.15, 0.2) is 0 Å². The summed E-state index contributed by atoms with van der Waals surface area (Å²) in [6.07, 6.45) is 0. The number of hydrogen-bond acceptors (Lipinski definition) is 4. The average Bonchev–Trinajstić information content (AvgIpc) is 2.34. The van der Waals surface area contributed by atoms with E-state index in [2.05, 4.69) is 12.2 Å². The van der Waals surface area contributed by atoms with Gasteiger partial charge in [0.05, 0.1) is 33.0 Å². The van der Waals surface area contributed by atoms with Crippen LogP contribution in [-0.4, -0.2) is 52.7 Å². The number of likely N-dealkylation sites (N-methyl/N-ethyl adjacent to an activating group) is 1. The lowest BCUT2D eigenvalue weighted by Crippen LogP contribution is -2.20. The molecule has 0 aromatic heterocycles. The quantitative estimate of drug-likeness (QED) is 0.557. The molecule has 0 bridgehead atoms. The summed E-state index contributed by atoms with van der Waals surface area (Å²) in [5.41, 5.74) is 0. The minimum Gasteiger partial charge on any atom is -0.379 e. The van der Waals surface area contributed by atoms with E-state index in [0.29, 0.717) is 26.4 Å². The highest BCUT2D eigenvalue weighted by Crippen LogP contribution is 1.80. The van der Waals surface area contributed by atoms with Gasteiger partial charge < -0.3 is 19.5 Å². The average molecular weight is 237 g/mol. The van der Waals surface area contributed by atoms with Gasteiger partial charge in [0, 0.05) is 14.6 Å². The highest BCUT2D eigenvalue weighted by Gasteiger charge is 1.89. The number of nitrogens with one attached hydrogen (secondary N) is 1. The molecule has 16 heavy (non-hydrogen) atoms. The Morgan fingerprint density at radius 1 is 0.812 bits per heavy atom. The molecule has 0 aliphatic heterocycles. The maximum absolute atomic E-state index is 5.31. The van der Waals surface area contributed by atoms with Crippen molar-refractivity contribution in [2.45, 2.75) is 27.7 Å². The van der Waals surface area contributed by atoms with Gasteiger partial charge in [-0.1, -0.05) is 20.8 Å². The molecule has 102 valence electrons. The van der Waals surface area contributed by atoms with Gasteiger partial charge in [-0.25, -0.2) is 0 Å². The molecule has 0 spiro atoms. The summed E-state index contributed by atoms with van der Waals surface area (Å²) >= 11 is 0. The van der Waals surface area contributed by atoms with Crippen molar-refractivity contribution in [3.63, 3.8) is 0 Å². The van der Waals surface area contributed by atoms with E-state index in [9.17, 15) is 0 Å². The summed E-state index contributed by atoms with van der Waals surface area (Å²) < 4.78 is 15.7. The van der Waals surface area contributed by atoms with Gasteiger partial charge in [0.1, 0.15) is 0 Å². The van der Waals surface area contributed by atoms with Crippen molar-refractivity contribution in [2.24, 2.45) is 0 Å². The maximum Gasteiger partial charge on any atom is 0.0701 e. The summed E-state index contributed by atoms with van der Waals surface area (Å²) in [6, 6.07) is 0. The molecule has 0 saturated heterocycles. The summed E-state index contributed by atoms with van der Waals surface area (Å²) in [6.45, 7) is 14.1. The second-order valence-corrected chi connectivity index (χ2v) is 2.78. The molecule has 0 atom stereocenters. The molecule has 0 aromatic rings. The van der Waals surface area contributed by atoms with Crippen LogP contribution in [0.4, 0.5) is 0 Å². The summed E-state index contributed by atoms with van der Waals surface area (Å²) in [5, 5.41) is 3.18. The zero-order valence-electron chi connectivity index (χ0n) is 11.4. The fraction of sp³-hybridized carbons (Fsp3) is 1.00. The van der Waals surface area contributed by atoms with Crippen LogP contribution in [0.25, 0.3) is 0 Å². The minimum atomic E-state index is 0. The van der Waals surface area contributed by atoms with Crippen molar-refractivity contribution in [1.82, 2.24) is 5.32 Å². The fourth-order valence-corrected chi connectivity index (χ4v) is 0.905. The number of ether oxygens (including phenoxy) is 3. The van der Waals surface area contributed by atoms with Crippen molar-refractivity contribution in [2.75, 3.05) is 52.7 Å². The minimum absolute atomic E-state index is 0. The van der Waals surface area contributed by atoms with E-state index in [0.717, 1.165) is 26.3 Å². The Kier molecular flexibility index (Phi) is 23.1. The Morgan fingerprint density at radius 2 is 1.31 bits per heavy atom. The second-order valence-electron chi connectivity index (χ2n) is 2.78. The first-order valence-electron chi connectivity index (χ1n) is 6.35. The molecule has 0 rings (SSSR count). The van der Waals surface area contributed by atoms with Gasteiger partial charge in [0.25, 0.3) is 0 Å². The maximum atomic E-state index is 5.31. The SMILES string of the molecule is CC.CCNCCOCCOCCOCC.[HH]. The Labute approximate surface area is 102 Å². The van der Waals surface area contributed by atoms with Crippen molar-refractivity contribution in [3.8, 4) is 0 Å². The van der Waals surface area contributed by atoms with Crippen LogP contribution in [0.15, 0.2) is 0 Å². The van der Waals surface area contributed by atoms with Crippen molar-refractivity contribution < 1.29 is 15.6 Å². The van der Waals surface area contributed by atoms with Crippen LogP contribution in [-0.2, 0) is 14.2 Å². The molecule has 0 amide bonds. The predicted octanol–water partition coefficient (Wildman–Crippen LogP) is 1.94. The zero-order valence-corrected chi connectivity index (χ0v) is 11.4. The normalized spacial score (nSPS) is 9.75. The molecule has 0 heterocycles. The molecular weight excluding hydrogens is 206 g/mol. The van der Waals surface area contributed by atoms with E-state index in [-0.39, 0.29) is 1.43 Å². The topological polar surface area (TPSA) is 39.7 Å². The molecule has 0 aliphatic rings. The van der Waals surface area contributed by atoms with E-state index < -0.39 is 0 Å². The van der Waals surface area contributed by atoms with Crippen LogP contribution in [0.1, 0.15) is 29.1 Å². The van der Waals surface area contributed by atoms with E-state index in [4.69, 9.17) is 14.2 Å². The summed E-state index contributed by atoms with van der Waals surface area (Å²) in [7, 11) is 0. The van der Waals surface area contributed by atoms with Gasteiger partial charge >= 0.3 is 0 Å². The van der Waals surface area contributed by atoms with Crippen LogP contribution >= 0.6 is 0 Å². The molecule has 0 saturated carbocycles. The molecule has 0 radical (unpaired) electrons. The van der Waals surface area contributed by atoms with Crippen LogP contribution in [0.2, 0.25) is 0 Å². The van der Waals surface area contributed by atoms with E-state index >= 15 is 0 Å². The Bertz CT molecular complexity index is 95.8. The van der Waals surface area contributed by atoms with E-state index in [1.165, 1.54) is 0 Å². The third kappa shape index (κ3) is 19.4. The van der Waals surface area contributed by atoms with E-state index in [1.54, 1.807) is 0 Å². The summed E-state index contributed by atoms with van der Waals surface area (Å²) in [5.74, 6) is 0. The highest BCUT2D eigenvalue weighted by atomic mass is 16.5. The first kappa shape index (κ1) is 18.2. The molecule has 1 N–H and O–H groups in total. The number of rotatable bonds is 11. The lowest BCUT2D eigenvalue weighted by atomic mass is 10.6. The fourth-order valence-electron chi connectivity index (χ4n) is 0.905. The Hall–Kier alpha value is -0.160. The standard InChI is InChI=1S/C10H23NO3.C2H6.H2/c1-3-11-5-6-13-9-10-14-8-7-12-4-2;1-2;/h11H,3-10H2,1-2H3;1-2H3;1H. The van der Waals surface area contributed by atoms with Crippen LogP contribution in [0.5, 0.6) is 0 Å². The van der Waals surface area contributed by atoms with Gasteiger partial charge in [-0.05, 0) is 13.5 Å². The molecule has 0 aromatic carbocycles. The number of hydrogen-bond donors (Lipinski definition) is 1. The molecule has 0 unspecified atom stereocenters. The Balaban J connectivity index is -0.000000616. The molecule has 0 aliphatic carbocycles. The van der Waals surface area contributed by atoms with Gasteiger partial charge in [-0.15, -0.1) is 0 Å². The lowest BCUT2D eigenvalue weighted by Gasteiger charge is -2.05. The van der Waals surface area contributed by atoms with Crippen molar-refractivity contribution in [3.05, 3.63) is 0 Å². The molecular formula is C12H31NO3. The first-order chi connectivity index (χ1) is 7.91. The highest BCUT2D eigenvalue weighted by molar-refractivity contribution is 4.40. The lowest BCUT2D eigenvalue weighted by molar-refractivity contribution is 0.0176. The third-order valence-corrected chi connectivity index (χ3v) is 1.62. The van der Waals surface area contributed by atoms with Gasteiger partial charge in [-0.2, -0.15) is 0 Å².